The van der Waals surface area contributed by atoms with Gasteiger partial charge in [0.15, 0.2) is 0 Å². The van der Waals surface area contributed by atoms with E-state index in [4.69, 9.17) is 23.2 Å². The lowest BCUT2D eigenvalue weighted by Gasteiger charge is -2.33. The lowest BCUT2D eigenvalue weighted by Crippen LogP contribution is -2.31. The van der Waals surface area contributed by atoms with Crippen molar-refractivity contribution in [2.45, 2.75) is 19.4 Å². The van der Waals surface area contributed by atoms with Gasteiger partial charge in [0.1, 0.15) is 0 Å². The average Bonchev–Trinajstić information content (AvgIpc) is 2.62. The molecule has 3 aromatic rings. The number of benzene rings is 2. The zero-order valence-corrected chi connectivity index (χ0v) is 16.2. The summed E-state index contributed by atoms with van der Waals surface area (Å²) in [6.07, 6.45) is 1.81. The topological polar surface area (TPSA) is 29.0 Å². The van der Waals surface area contributed by atoms with Crippen molar-refractivity contribution in [2.75, 3.05) is 13.6 Å². The molecule has 1 aromatic heterocycles. The van der Waals surface area contributed by atoms with Crippen molar-refractivity contribution in [1.29, 1.82) is 0 Å². The van der Waals surface area contributed by atoms with E-state index >= 15 is 0 Å². The summed E-state index contributed by atoms with van der Waals surface area (Å²) >= 11 is 12.8. The minimum absolute atomic E-state index is 0.232. The van der Waals surface area contributed by atoms with Crippen LogP contribution in [-0.4, -0.2) is 28.7 Å². The first-order valence-corrected chi connectivity index (χ1v) is 9.33. The van der Waals surface area contributed by atoms with Gasteiger partial charge < -0.3 is 4.90 Å². The molecule has 0 radical (unpaired) electrons. The molecule has 0 spiro atoms. The van der Waals surface area contributed by atoms with Crippen LogP contribution in [0.3, 0.4) is 0 Å². The number of nitrogens with zero attached hydrogens (tertiary/aromatic N) is 3. The SMILES string of the molecule is Cc1cc(-c2cccc([C@@H]3CN(C)Cc4c(Cl)cc(Cl)cc43)c2)cnn1. The fraction of sp³-hybridized carbons (Fsp3) is 0.238. The van der Waals surface area contributed by atoms with Gasteiger partial charge in [0.2, 0.25) is 0 Å². The second-order valence-electron chi connectivity index (χ2n) is 6.92. The van der Waals surface area contributed by atoms with Crippen LogP contribution in [0.25, 0.3) is 11.1 Å². The van der Waals surface area contributed by atoms with Crippen molar-refractivity contribution in [3.05, 3.63) is 81.1 Å². The van der Waals surface area contributed by atoms with Gasteiger partial charge in [-0.15, -0.1) is 0 Å². The van der Waals surface area contributed by atoms with Gasteiger partial charge in [-0.2, -0.15) is 10.2 Å². The van der Waals surface area contributed by atoms with Crippen LogP contribution < -0.4 is 0 Å². The maximum atomic E-state index is 6.48. The highest BCUT2D eigenvalue weighted by Crippen LogP contribution is 2.39. The largest absolute Gasteiger partial charge is 0.301 e. The molecule has 0 unspecified atom stereocenters. The Morgan fingerprint density at radius 2 is 1.92 bits per heavy atom. The molecule has 0 aliphatic carbocycles. The Labute approximate surface area is 163 Å². The van der Waals surface area contributed by atoms with Gasteiger partial charge in [0, 0.05) is 34.6 Å². The number of aryl methyl sites for hydroxylation is 1. The second-order valence-corrected chi connectivity index (χ2v) is 7.76. The number of halogens is 2. The molecular weight excluding hydrogens is 365 g/mol. The Morgan fingerprint density at radius 1 is 1.08 bits per heavy atom. The van der Waals surface area contributed by atoms with E-state index in [0.717, 1.165) is 34.9 Å². The third-order valence-electron chi connectivity index (χ3n) is 4.89. The van der Waals surface area contributed by atoms with E-state index in [1.165, 1.54) is 16.7 Å². The van der Waals surface area contributed by atoms with Crippen LogP contribution >= 0.6 is 23.2 Å². The standard InChI is InChI=1S/C21H19Cl2N3/c1-13-6-16(10-24-25-13)14-4-3-5-15(7-14)19-11-26(2)12-20-18(19)8-17(22)9-21(20)23/h3-10,19H,11-12H2,1-2H3/t19-/m0/s1. The Bertz CT molecular complexity index is 971. The first-order chi connectivity index (χ1) is 12.5. The molecule has 0 bridgehead atoms. The molecule has 3 nitrogen and oxygen atoms in total. The van der Waals surface area contributed by atoms with Crippen LogP contribution in [0, 0.1) is 6.92 Å². The molecule has 2 heterocycles. The number of hydrogen-bond acceptors (Lipinski definition) is 3. The van der Waals surface area contributed by atoms with Gasteiger partial charge in [-0.25, -0.2) is 0 Å². The molecule has 1 aliphatic heterocycles. The van der Waals surface area contributed by atoms with E-state index < -0.39 is 0 Å². The van der Waals surface area contributed by atoms with Gasteiger partial charge in [0.25, 0.3) is 0 Å². The highest BCUT2D eigenvalue weighted by molar-refractivity contribution is 6.35. The Morgan fingerprint density at radius 3 is 2.73 bits per heavy atom. The van der Waals surface area contributed by atoms with Gasteiger partial charge >= 0.3 is 0 Å². The van der Waals surface area contributed by atoms with Gasteiger partial charge in [-0.05, 0) is 54.4 Å². The smallest absolute Gasteiger partial charge is 0.0606 e. The van der Waals surface area contributed by atoms with Gasteiger partial charge in [-0.1, -0.05) is 47.5 Å². The van der Waals surface area contributed by atoms with Crippen molar-refractivity contribution in [3.8, 4) is 11.1 Å². The first-order valence-electron chi connectivity index (χ1n) is 8.57. The van der Waals surface area contributed by atoms with Gasteiger partial charge in [0.05, 0.1) is 11.9 Å². The fourth-order valence-corrected chi connectivity index (χ4v) is 4.27. The highest BCUT2D eigenvalue weighted by Gasteiger charge is 2.27. The molecule has 4 rings (SSSR count). The summed E-state index contributed by atoms with van der Waals surface area (Å²) in [5.74, 6) is 0.232. The second kappa shape index (κ2) is 6.99. The Hall–Kier alpha value is -1.94. The minimum atomic E-state index is 0.232. The normalized spacial score (nSPS) is 17.2. The van der Waals surface area contributed by atoms with E-state index in [-0.39, 0.29) is 5.92 Å². The predicted molar refractivity (Wildman–Crippen MR) is 107 cm³/mol. The lowest BCUT2D eigenvalue weighted by atomic mass is 9.84. The summed E-state index contributed by atoms with van der Waals surface area (Å²) < 4.78 is 0. The number of hydrogen-bond donors (Lipinski definition) is 0. The summed E-state index contributed by atoms with van der Waals surface area (Å²) in [5, 5.41) is 9.56. The molecule has 0 fully saturated rings. The monoisotopic (exact) mass is 383 g/mol. The summed E-state index contributed by atoms with van der Waals surface area (Å²) in [5.41, 5.74) is 6.78. The molecule has 0 saturated carbocycles. The number of fused-ring (bicyclic) bond motifs is 1. The molecule has 1 aliphatic rings. The van der Waals surface area contributed by atoms with E-state index in [1.807, 2.05) is 13.0 Å². The first kappa shape index (κ1) is 17.5. The van der Waals surface area contributed by atoms with Crippen molar-refractivity contribution in [1.82, 2.24) is 15.1 Å². The Balaban J connectivity index is 1.81. The van der Waals surface area contributed by atoms with E-state index in [0.29, 0.717) is 5.02 Å². The van der Waals surface area contributed by atoms with Crippen LogP contribution in [0.5, 0.6) is 0 Å². The van der Waals surface area contributed by atoms with Crippen LogP contribution in [0.1, 0.15) is 28.3 Å². The van der Waals surface area contributed by atoms with Crippen LogP contribution in [0.15, 0.2) is 48.7 Å². The van der Waals surface area contributed by atoms with E-state index in [2.05, 4.69) is 58.5 Å². The molecule has 5 heteroatoms. The van der Waals surface area contributed by atoms with Crippen LogP contribution in [0.4, 0.5) is 0 Å². The van der Waals surface area contributed by atoms with Crippen molar-refractivity contribution in [3.63, 3.8) is 0 Å². The summed E-state index contributed by atoms with van der Waals surface area (Å²) in [7, 11) is 2.13. The van der Waals surface area contributed by atoms with Crippen LogP contribution in [-0.2, 0) is 6.54 Å². The molecule has 1 atom stereocenters. The third kappa shape index (κ3) is 3.35. The zero-order valence-electron chi connectivity index (χ0n) is 14.7. The maximum absolute atomic E-state index is 6.48. The third-order valence-corrected chi connectivity index (χ3v) is 5.45. The molecule has 2 aromatic carbocycles. The van der Waals surface area contributed by atoms with Crippen LogP contribution in [0.2, 0.25) is 10.0 Å². The summed E-state index contributed by atoms with van der Waals surface area (Å²) in [6, 6.07) is 14.6. The molecule has 0 N–H and O–H groups in total. The van der Waals surface area contributed by atoms with Crippen molar-refractivity contribution < 1.29 is 0 Å². The van der Waals surface area contributed by atoms with E-state index in [9.17, 15) is 0 Å². The number of likely N-dealkylation sites (N-methyl/N-ethyl adjacent to an activating group) is 1. The fourth-order valence-electron chi connectivity index (χ4n) is 3.70. The number of aromatic nitrogens is 2. The molecule has 0 amide bonds. The molecule has 26 heavy (non-hydrogen) atoms. The van der Waals surface area contributed by atoms with Gasteiger partial charge in [-0.3, -0.25) is 0 Å². The Kier molecular flexibility index (Phi) is 4.70. The van der Waals surface area contributed by atoms with Crippen molar-refractivity contribution >= 4 is 23.2 Å². The average molecular weight is 384 g/mol. The molecule has 132 valence electrons. The zero-order chi connectivity index (χ0) is 18.3. The van der Waals surface area contributed by atoms with Crippen molar-refractivity contribution in [2.24, 2.45) is 0 Å². The number of rotatable bonds is 2. The molecular formula is C21H19Cl2N3. The molecule has 0 saturated heterocycles. The summed E-state index contributed by atoms with van der Waals surface area (Å²) in [6.45, 7) is 3.73. The predicted octanol–water partition coefficient (Wildman–Crippen LogP) is 5.34. The highest BCUT2D eigenvalue weighted by atomic mass is 35.5. The minimum Gasteiger partial charge on any atom is -0.301 e. The van der Waals surface area contributed by atoms with E-state index in [1.54, 1.807) is 6.20 Å². The maximum Gasteiger partial charge on any atom is 0.0606 e. The summed E-state index contributed by atoms with van der Waals surface area (Å²) in [4.78, 5) is 2.30. The lowest BCUT2D eigenvalue weighted by molar-refractivity contribution is 0.295. The quantitative estimate of drug-likeness (QED) is 0.598.